The number of sulfone groups is 1. The minimum absolute atomic E-state index is 0.302. The molecule has 0 radical (unpaired) electrons. The van der Waals surface area contributed by atoms with Crippen molar-refractivity contribution in [3.63, 3.8) is 0 Å². The van der Waals surface area contributed by atoms with E-state index in [9.17, 15) is 8.42 Å². The van der Waals surface area contributed by atoms with E-state index in [2.05, 4.69) is 10.2 Å². The van der Waals surface area contributed by atoms with Crippen LogP contribution in [0.15, 0.2) is 58.3 Å². The van der Waals surface area contributed by atoms with Crippen molar-refractivity contribution in [2.45, 2.75) is 16.2 Å². The molecule has 2 aromatic carbocycles. The fourth-order valence-corrected chi connectivity index (χ4v) is 4.14. The van der Waals surface area contributed by atoms with E-state index in [1.54, 1.807) is 42.5 Å². The summed E-state index contributed by atoms with van der Waals surface area (Å²) in [5, 5.41) is 3.13. The van der Waals surface area contributed by atoms with Gasteiger partial charge in [-0.2, -0.15) is 0 Å². The van der Waals surface area contributed by atoms with Crippen molar-refractivity contribution in [1.29, 1.82) is 0 Å². The fourth-order valence-electron chi connectivity index (χ4n) is 2.83. The first-order valence-corrected chi connectivity index (χ1v) is 9.58. The highest BCUT2D eigenvalue weighted by molar-refractivity contribution is 7.91. The Bertz CT molecular complexity index is 791. The lowest BCUT2D eigenvalue weighted by molar-refractivity contribution is 0.307. The maximum Gasteiger partial charge on any atom is 0.206 e. The number of hydrogen-bond donors (Lipinski definition) is 1. The zero-order valence-corrected chi connectivity index (χ0v) is 14.6. The van der Waals surface area contributed by atoms with Gasteiger partial charge in [-0.3, -0.25) is 0 Å². The van der Waals surface area contributed by atoms with Crippen molar-refractivity contribution in [2.75, 3.05) is 38.2 Å². The largest absolute Gasteiger partial charge is 0.490 e. The van der Waals surface area contributed by atoms with E-state index < -0.39 is 9.84 Å². The van der Waals surface area contributed by atoms with Gasteiger partial charge in [-0.1, -0.05) is 18.2 Å². The van der Waals surface area contributed by atoms with Gasteiger partial charge < -0.3 is 15.0 Å². The third-order valence-electron chi connectivity index (χ3n) is 4.11. The number of benzene rings is 2. The Labute approximate surface area is 143 Å². The highest BCUT2D eigenvalue weighted by Crippen LogP contribution is 2.35. The lowest BCUT2D eigenvalue weighted by Crippen LogP contribution is -2.34. The Kier molecular flexibility index (Phi) is 5.06. The van der Waals surface area contributed by atoms with Crippen LogP contribution in [-0.4, -0.2) is 41.7 Å². The van der Waals surface area contributed by atoms with E-state index in [-0.39, 0.29) is 0 Å². The van der Waals surface area contributed by atoms with Crippen molar-refractivity contribution in [1.82, 2.24) is 5.32 Å². The minimum Gasteiger partial charge on any atom is -0.490 e. The van der Waals surface area contributed by atoms with Crippen LogP contribution >= 0.6 is 0 Å². The van der Waals surface area contributed by atoms with Crippen LogP contribution in [0.1, 0.15) is 6.42 Å². The number of fused-ring (bicyclic) bond motifs is 1. The molecule has 0 saturated carbocycles. The van der Waals surface area contributed by atoms with E-state index in [4.69, 9.17) is 4.74 Å². The number of hydrogen-bond acceptors (Lipinski definition) is 5. The smallest absolute Gasteiger partial charge is 0.206 e. The third kappa shape index (κ3) is 3.39. The SMILES string of the molecule is CNCCCN1CCOc2ccc(S(=O)(=O)c3ccccc3)cc21. The van der Waals surface area contributed by atoms with E-state index in [1.807, 2.05) is 13.1 Å². The van der Waals surface area contributed by atoms with Crippen molar-refractivity contribution in [3.05, 3.63) is 48.5 Å². The van der Waals surface area contributed by atoms with Gasteiger partial charge in [0.05, 0.1) is 22.0 Å². The van der Waals surface area contributed by atoms with E-state index in [0.717, 1.165) is 37.5 Å². The second kappa shape index (κ2) is 7.23. The van der Waals surface area contributed by atoms with Crippen LogP contribution in [0.5, 0.6) is 5.75 Å². The van der Waals surface area contributed by atoms with Crippen LogP contribution in [-0.2, 0) is 9.84 Å². The van der Waals surface area contributed by atoms with E-state index in [0.29, 0.717) is 16.4 Å². The van der Waals surface area contributed by atoms with Gasteiger partial charge in [-0.05, 0) is 50.3 Å². The molecule has 0 saturated heterocycles. The van der Waals surface area contributed by atoms with Gasteiger partial charge in [0, 0.05) is 6.54 Å². The molecule has 3 rings (SSSR count). The maximum absolute atomic E-state index is 12.8. The third-order valence-corrected chi connectivity index (χ3v) is 5.88. The molecule has 2 aromatic rings. The van der Waals surface area contributed by atoms with Gasteiger partial charge in [0.2, 0.25) is 9.84 Å². The van der Waals surface area contributed by atoms with Crippen LogP contribution in [0, 0.1) is 0 Å². The molecule has 128 valence electrons. The van der Waals surface area contributed by atoms with Gasteiger partial charge >= 0.3 is 0 Å². The first kappa shape index (κ1) is 16.8. The molecule has 0 fully saturated rings. The molecule has 24 heavy (non-hydrogen) atoms. The van der Waals surface area contributed by atoms with Crippen molar-refractivity contribution in [3.8, 4) is 5.75 Å². The topological polar surface area (TPSA) is 58.6 Å². The first-order chi connectivity index (χ1) is 11.6. The highest BCUT2D eigenvalue weighted by atomic mass is 32.2. The monoisotopic (exact) mass is 346 g/mol. The number of ether oxygens (including phenoxy) is 1. The number of anilines is 1. The Morgan fingerprint density at radius 2 is 1.92 bits per heavy atom. The Morgan fingerprint density at radius 1 is 1.12 bits per heavy atom. The zero-order valence-electron chi connectivity index (χ0n) is 13.7. The molecule has 1 N–H and O–H groups in total. The molecular weight excluding hydrogens is 324 g/mol. The second-order valence-corrected chi connectivity index (χ2v) is 7.69. The molecule has 0 amide bonds. The summed E-state index contributed by atoms with van der Waals surface area (Å²) in [6, 6.07) is 13.6. The van der Waals surface area contributed by atoms with E-state index in [1.165, 1.54) is 0 Å². The summed E-state index contributed by atoms with van der Waals surface area (Å²) < 4.78 is 31.3. The summed E-state index contributed by atoms with van der Waals surface area (Å²) >= 11 is 0. The van der Waals surface area contributed by atoms with Gasteiger partial charge in [-0.15, -0.1) is 0 Å². The quantitative estimate of drug-likeness (QED) is 0.814. The predicted molar refractivity (Wildman–Crippen MR) is 94.6 cm³/mol. The molecule has 5 nitrogen and oxygen atoms in total. The summed E-state index contributed by atoms with van der Waals surface area (Å²) in [6.07, 6.45) is 0.992. The highest BCUT2D eigenvalue weighted by Gasteiger charge is 2.23. The Morgan fingerprint density at radius 3 is 2.67 bits per heavy atom. The van der Waals surface area contributed by atoms with Crippen LogP contribution in [0.3, 0.4) is 0 Å². The van der Waals surface area contributed by atoms with Crippen molar-refractivity contribution >= 4 is 15.5 Å². The van der Waals surface area contributed by atoms with Gasteiger partial charge in [0.25, 0.3) is 0 Å². The standard InChI is InChI=1S/C18H22N2O3S/c1-19-10-5-11-20-12-13-23-18-9-8-16(14-17(18)20)24(21,22)15-6-3-2-4-7-15/h2-4,6-9,14,19H,5,10-13H2,1H3. The van der Waals surface area contributed by atoms with Crippen LogP contribution < -0.4 is 15.0 Å². The van der Waals surface area contributed by atoms with Crippen LogP contribution in [0.4, 0.5) is 5.69 Å². The second-order valence-electron chi connectivity index (χ2n) is 5.74. The number of rotatable bonds is 6. The Hall–Kier alpha value is -2.05. The van der Waals surface area contributed by atoms with Gasteiger partial charge in [0.1, 0.15) is 12.4 Å². The molecule has 0 bridgehead atoms. The summed E-state index contributed by atoms with van der Waals surface area (Å²) in [7, 11) is -1.59. The fraction of sp³-hybridized carbons (Fsp3) is 0.333. The minimum atomic E-state index is -3.52. The molecule has 0 aliphatic carbocycles. The van der Waals surface area contributed by atoms with Crippen LogP contribution in [0.25, 0.3) is 0 Å². The lowest BCUT2D eigenvalue weighted by atomic mass is 10.2. The summed E-state index contributed by atoms with van der Waals surface area (Å²) in [4.78, 5) is 2.81. The zero-order chi connectivity index (χ0) is 17.0. The maximum atomic E-state index is 12.8. The molecule has 0 unspecified atom stereocenters. The van der Waals surface area contributed by atoms with Gasteiger partial charge in [-0.25, -0.2) is 8.42 Å². The molecule has 1 aliphatic heterocycles. The predicted octanol–water partition coefficient (Wildman–Crippen LogP) is 2.33. The van der Waals surface area contributed by atoms with E-state index >= 15 is 0 Å². The van der Waals surface area contributed by atoms with Crippen molar-refractivity contribution < 1.29 is 13.2 Å². The summed E-state index contributed by atoms with van der Waals surface area (Å²) in [6.45, 7) is 3.18. The molecule has 1 aliphatic rings. The van der Waals surface area contributed by atoms with Gasteiger partial charge in [0.15, 0.2) is 0 Å². The molecule has 0 spiro atoms. The summed E-state index contributed by atoms with van der Waals surface area (Å²) in [5.74, 6) is 0.748. The lowest BCUT2D eigenvalue weighted by Gasteiger charge is -2.31. The number of nitrogens with one attached hydrogen (secondary N) is 1. The average Bonchev–Trinajstić information content (AvgIpc) is 2.62. The summed E-state index contributed by atoms with van der Waals surface area (Å²) in [5.41, 5.74) is 0.856. The molecule has 0 aromatic heterocycles. The number of nitrogens with zero attached hydrogens (tertiary/aromatic N) is 1. The van der Waals surface area contributed by atoms with Crippen LogP contribution in [0.2, 0.25) is 0 Å². The molecule has 0 atom stereocenters. The molecule has 6 heteroatoms. The average molecular weight is 346 g/mol. The molecular formula is C18H22N2O3S. The van der Waals surface area contributed by atoms with Crippen molar-refractivity contribution in [2.24, 2.45) is 0 Å². The Balaban J connectivity index is 1.93. The normalized spacial score (nSPS) is 14.1. The molecule has 1 heterocycles. The first-order valence-electron chi connectivity index (χ1n) is 8.09.